The van der Waals surface area contributed by atoms with Gasteiger partial charge in [0.2, 0.25) is 0 Å². The van der Waals surface area contributed by atoms with Crippen LogP contribution in [0.25, 0.3) is 0 Å². The van der Waals surface area contributed by atoms with Gasteiger partial charge < -0.3 is 14.6 Å². The predicted octanol–water partition coefficient (Wildman–Crippen LogP) is 2.46. The molecule has 116 valence electrons. The lowest BCUT2D eigenvalue weighted by Gasteiger charge is -2.36. The molecule has 0 amide bonds. The van der Waals surface area contributed by atoms with Gasteiger partial charge in [0.25, 0.3) is 0 Å². The summed E-state index contributed by atoms with van der Waals surface area (Å²) in [4.78, 5) is 11.7. The number of Topliss-reactive ketones (excluding diaryl/α,β-unsaturated/α-hetero) is 1. The minimum absolute atomic E-state index is 0.180. The highest BCUT2D eigenvalue weighted by Crippen LogP contribution is 2.32. The van der Waals surface area contributed by atoms with Crippen molar-refractivity contribution >= 4 is 5.78 Å². The lowest BCUT2D eigenvalue weighted by Crippen LogP contribution is -2.48. The summed E-state index contributed by atoms with van der Waals surface area (Å²) in [6.45, 7) is 2.97. The highest BCUT2D eigenvalue weighted by molar-refractivity contribution is 5.85. The molecule has 1 heterocycles. The Morgan fingerprint density at radius 3 is 2.38 bits per heavy atom. The smallest absolute Gasteiger partial charge is 0.385 e. The zero-order valence-corrected chi connectivity index (χ0v) is 11.5. The van der Waals surface area contributed by atoms with E-state index in [1.165, 1.54) is 0 Å². The van der Waals surface area contributed by atoms with Gasteiger partial charge in [-0.25, -0.2) is 0 Å². The molecular weight excluding hydrogens is 289 g/mol. The van der Waals surface area contributed by atoms with Crippen molar-refractivity contribution in [2.24, 2.45) is 0 Å². The quantitative estimate of drug-likeness (QED) is 0.912. The molecule has 1 aliphatic rings. The summed E-state index contributed by atoms with van der Waals surface area (Å²) < 4.78 is 47.9. The fourth-order valence-corrected chi connectivity index (χ4v) is 2.02. The number of carbonyl (C=O) groups excluding carboxylic acids is 1. The first kappa shape index (κ1) is 15.9. The van der Waals surface area contributed by atoms with Crippen LogP contribution in [0.4, 0.5) is 13.2 Å². The summed E-state index contributed by atoms with van der Waals surface area (Å²) in [5.74, 6) is -1.49. The Bertz CT molecular complexity index is 522. The number of hydrogen-bond acceptors (Lipinski definition) is 4. The fourth-order valence-electron chi connectivity index (χ4n) is 2.02. The summed E-state index contributed by atoms with van der Waals surface area (Å²) >= 11 is 0. The molecule has 0 aliphatic carbocycles. The Morgan fingerprint density at radius 1 is 1.29 bits per heavy atom. The van der Waals surface area contributed by atoms with Crippen LogP contribution < -0.4 is 0 Å². The van der Waals surface area contributed by atoms with E-state index in [-0.39, 0.29) is 12.2 Å². The van der Waals surface area contributed by atoms with Gasteiger partial charge in [-0.2, -0.15) is 13.2 Å². The number of ether oxygens (including phenoxy) is 2. The molecule has 1 fully saturated rings. The molecule has 4 nitrogen and oxygen atoms in total. The van der Waals surface area contributed by atoms with E-state index in [0.29, 0.717) is 0 Å². The molecule has 1 aromatic rings. The van der Waals surface area contributed by atoms with Gasteiger partial charge in [-0.15, -0.1) is 0 Å². The minimum atomic E-state index is -4.45. The maximum absolute atomic E-state index is 12.5. The Morgan fingerprint density at radius 2 is 1.86 bits per heavy atom. The molecule has 0 aromatic heterocycles. The second kappa shape index (κ2) is 5.40. The van der Waals surface area contributed by atoms with E-state index < -0.39 is 35.5 Å². The molecule has 0 unspecified atom stereocenters. The van der Waals surface area contributed by atoms with Crippen LogP contribution in [0.3, 0.4) is 0 Å². The molecule has 0 radical (unpaired) electrons. The van der Waals surface area contributed by atoms with E-state index in [9.17, 15) is 23.1 Å². The molecule has 0 spiro atoms. The summed E-state index contributed by atoms with van der Waals surface area (Å²) in [5.41, 5.74) is -0.642. The maximum Gasteiger partial charge on any atom is 0.416 e. The topological polar surface area (TPSA) is 55.8 Å². The van der Waals surface area contributed by atoms with E-state index in [1.54, 1.807) is 13.8 Å². The highest BCUT2D eigenvalue weighted by atomic mass is 19.4. The van der Waals surface area contributed by atoms with Gasteiger partial charge in [0.15, 0.2) is 17.7 Å². The van der Waals surface area contributed by atoms with Gasteiger partial charge in [0, 0.05) is 0 Å². The van der Waals surface area contributed by atoms with Gasteiger partial charge in [-0.1, -0.05) is 12.1 Å². The van der Waals surface area contributed by atoms with Gasteiger partial charge >= 0.3 is 6.18 Å². The van der Waals surface area contributed by atoms with E-state index in [0.717, 1.165) is 24.3 Å². The van der Waals surface area contributed by atoms with Crippen molar-refractivity contribution in [3.8, 4) is 0 Å². The van der Waals surface area contributed by atoms with Gasteiger partial charge in [-0.05, 0) is 31.5 Å². The maximum atomic E-state index is 12.5. The van der Waals surface area contributed by atoms with Crippen molar-refractivity contribution in [2.45, 2.75) is 38.0 Å². The molecule has 0 saturated carbocycles. The lowest BCUT2D eigenvalue weighted by molar-refractivity contribution is -0.271. The molecule has 7 heteroatoms. The molecule has 1 aromatic carbocycles. The Balaban J connectivity index is 2.19. The third kappa shape index (κ3) is 3.61. The highest BCUT2D eigenvalue weighted by Gasteiger charge is 2.40. The van der Waals surface area contributed by atoms with Gasteiger partial charge in [-0.3, -0.25) is 4.79 Å². The van der Waals surface area contributed by atoms with Crippen molar-refractivity contribution in [3.05, 3.63) is 35.4 Å². The summed E-state index contributed by atoms with van der Waals surface area (Å²) in [6.07, 6.45) is -6.95. The number of halogens is 3. The predicted molar refractivity (Wildman–Crippen MR) is 66.3 cm³/mol. The first-order chi connectivity index (χ1) is 9.60. The number of hydrogen-bond donors (Lipinski definition) is 1. The first-order valence-electron chi connectivity index (χ1n) is 6.30. The standard InChI is InChI=1S/C14H15F3O4/c1-13(2)20-7-10(18)12(21-13)11(19)8-3-5-9(6-4-8)14(15,16)17/h3-6,11-12,19H,7H2,1-2H3/t11-,12+/m1/s1. The third-order valence-corrected chi connectivity index (χ3v) is 3.16. The van der Waals surface area contributed by atoms with Crippen molar-refractivity contribution < 1.29 is 32.5 Å². The van der Waals surface area contributed by atoms with Crippen LogP contribution in [-0.4, -0.2) is 29.4 Å². The number of rotatable bonds is 2. The SMILES string of the molecule is CC1(C)OCC(=O)[C@@H]([C@H](O)c2ccc(C(F)(F)F)cc2)O1. The molecule has 21 heavy (non-hydrogen) atoms. The summed E-state index contributed by atoms with van der Waals surface area (Å²) in [7, 11) is 0. The van der Waals surface area contributed by atoms with Crippen molar-refractivity contribution in [3.63, 3.8) is 0 Å². The molecule has 0 bridgehead atoms. The Labute approximate surface area is 119 Å². The molecule has 1 aliphatic heterocycles. The number of carbonyl (C=O) groups is 1. The van der Waals surface area contributed by atoms with Crippen LogP contribution in [0.15, 0.2) is 24.3 Å². The van der Waals surface area contributed by atoms with E-state index >= 15 is 0 Å². The average Bonchev–Trinajstić information content (AvgIpc) is 2.40. The van der Waals surface area contributed by atoms with Crippen LogP contribution in [-0.2, 0) is 20.4 Å². The normalized spacial score (nSPS) is 23.9. The summed E-state index contributed by atoms with van der Waals surface area (Å²) in [5, 5.41) is 10.2. The second-order valence-corrected chi connectivity index (χ2v) is 5.26. The molecule has 1 N–H and O–H groups in total. The first-order valence-corrected chi connectivity index (χ1v) is 6.30. The molecule has 1 saturated heterocycles. The Hall–Kier alpha value is -1.44. The third-order valence-electron chi connectivity index (χ3n) is 3.16. The van der Waals surface area contributed by atoms with E-state index in [2.05, 4.69) is 0 Å². The second-order valence-electron chi connectivity index (χ2n) is 5.26. The van der Waals surface area contributed by atoms with Crippen molar-refractivity contribution in [1.29, 1.82) is 0 Å². The lowest BCUT2D eigenvalue weighted by atomic mass is 9.99. The summed E-state index contributed by atoms with van der Waals surface area (Å²) in [6, 6.07) is 3.97. The van der Waals surface area contributed by atoms with Crippen molar-refractivity contribution in [2.75, 3.05) is 6.61 Å². The van der Waals surface area contributed by atoms with Crippen molar-refractivity contribution in [1.82, 2.24) is 0 Å². The van der Waals surface area contributed by atoms with Crippen LogP contribution >= 0.6 is 0 Å². The molecular formula is C14H15F3O4. The monoisotopic (exact) mass is 304 g/mol. The van der Waals surface area contributed by atoms with E-state index in [1.807, 2.05) is 0 Å². The van der Waals surface area contributed by atoms with E-state index in [4.69, 9.17) is 9.47 Å². The number of aliphatic hydroxyl groups excluding tert-OH is 1. The molecule has 2 atom stereocenters. The number of aliphatic hydroxyl groups is 1. The number of alkyl halides is 3. The molecule has 2 rings (SSSR count). The fraction of sp³-hybridized carbons (Fsp3) is 0.500. The van der Waals surface area contributed by atoms with Crippen LogP contribution in [0.5, 0.6) is 0 Å². The van der Waals surface area contributed by atoms with Gasteiger partial charge in [0.1, 0.15) is 12.7 Å². The minimum Gasteiger partial charge on any atom is -0.385 e. The zero-order valence-electron chi connectivity index (χ0n) is 11.5. The largest absolute Gasteiger partial charge is 0.416 e. The number of benzene rings is 1. The van der Waals surface area contributed by atoms with Gasteiger partial charge in [0.05, 0.1) is 5.56 Å². The average molecular weight is 304 g/mol. The van der Waals surface area contributed by atoms with Crippen LogP contribution in [0.2, 0.25) is 0 Å². The number of ketones is 1. The van der Waals surface area contributed by atoms with Crippen LogP contribution in [0.1, 0.15) is 31.1 Å². The zero-order chi connectivity index (χ0) is 15.8. The Kier molecular flexibility index (Phi) is 4.10. The van der Waals surface area contributed by atoms with Crippen LogP contribution in [0, 0.1) is 0 Å².